The van der Waals surface area contributed by atoms with Gasteiger partial charge in [-0.1, -0.05) is 23.9 Å². The van der Waals surface area contributed by atoms with E-state index in [4.69, 9.17) is 0 Å². The van der Waals surface area contributed by atoms with E-state index < -0.39 is 0 Å². The summed E-state index contributed by atoms with van der Waals surface area (Å²) in [5, 5.41) is 1.13. The first kappa shape index (κ1) is 7.25. The second kappa shape index (κ2) is 2.91. The van der Waals surface area contributed by atoms with Crippen molar-refractivity contribution in [1.29, 1.82) is 0 Å². The van der Waals surface area contributed by atoms with E-state index in [1.807, 2.05) is 13.0 Å². The molecular weight excluding hydrogens is 174 g/mol. The van der Waals surface area contributed by atoms with Crippen molar-refractivity contribution in [1.82, 2.24) is 0 Å². The molecule has 2 rings (SSSR count). The van der Waals surface area contributed by atoms with Gasteiger partial charge in [0.05, 0.1) is 5.04 Å². The van der Waals surface area contributed by atoms with Crippen LogP contribution in [0.15, 0.2) is 38.5 Å². The number of benzene rings is 1. The van der Waals surface area contributed by atoms with E-state index in [1.54, 1.807) is 23.7 Å². The quantitative estimate of drug-likeness (QED) is 0.570. The summed E-state index contributed by atoms with van der Waals surface area (Å²) in [6.45, 7) is 2.04. The summed E-state index contributed by atoms with van der Waals surface area (Å²) < 4.78 is 4.27. The van der Waals surface area contributed by atoms with Gasteiger partial charge in [0.2, 0.25) is 0 Å². The van der Waals surface area contributed by atoms with E-state index in [1.165, 1.54) is 9.79 Å². The molecule has 1 aliphatic heterocycles. The molecule has 0 aromatic heterocycles. The Morgan fingerprint density at radius 2 is 1.91 bits per heavy atom. The molecule has 1 heterocycles. The van der Waals surface area contributed by atoms with Crippen molar-refractivity contribution in [3.05, 3.63) is 24.3 Å². The maximum Gasteiger partial charge on any atom is 0.0835 e. The lowest BCUT2D eigenvalue weighted by molar-refractivity contribution is 1.25. The molecule has 56 valence electrons. The van der Waals surface area contributed by atoms with Gasteiger partial charge in [-0.05, 0) is 19.1 Å². The summed E-state index contributed by atoms with van der Waals surface area (Å²) >= 11 is 3.30. The molecule has 1 aromatic carbocycles. The summed E-state index contributed by atoms with van der Waals surface area (Å²) in [6, 6.07) is 8.33. The maximum absolute atomic E-state index is 4.27. The first-order valence-electron chi connectivity index (χ1n) is 3.35. The molecule has 0 unspecified atom stereocenters. The minimum absolute atomic E-state index is 1.13. The molecule has 0 fully saturated rings. The zero-order valence-corrected chi connectivity index (χ0v) is 7.71. The molecule has 0 bridgehead atoms. The highest BCUT2D eigenvalue weighted by Gasteiger charge is 2.09. The van der Waals surface area contributed by atoms with Crippen LogP contribution in [0.1, 0.15) is 6.92 Å². The maximum atomic E-state index is 4.27. The van der Waals surface area contributed by atoms with E-state index >= 15 is 0 Å². The van der Waals surface area contributed by atoms with Crippen LogP contribution in [0.2, 0.25) is 0 Å². The summed E-state index contributed by atoms with van der Waals surface area (Å²) in [6.07, 6.45) is 0. The molecule has 1 aliphatic rings. The van der Waals surface area contributed by atoms with Crippen molar-refractivity contribution in [2.24, 2.45) is 4.40 Å². The Morgan fingerprint density at radius 3 is 2.73 bits per heavy atom. The highest BCUT2D eigenvalue weighted by Crippen LogP contribution is 2.37. The monoisotopic (exact) mass is 181 g/mol. The Kier molecular flexibility index (Phi) is 1.92. The van der Waals surface area contributed by atoms with Crippen molar-refractivity contribution in [2.45, 2.75) is 16.7 Å². The molecule has 0 saturated carbocycles. The van der Waals surface area contributed by atoms with Gasteiger partial charge in [-0.25, -0.2) is 4.40 Å². The smallest absolute Gasteiger partial charge is 0.0835 e. The van der Waals surface area contributed by atoms with Crippen LogP contribution in [0, 0.1) is 0 Å². The van der Waals surface area contributed by atoms with Crippen LogP contribution >= 0.6 is 23.7 Å². The molecule has 1 aromatic rings. The molecule has 0 saturated heterocycles. The summed E-state index contributed by atoms with van der Waals surface area (Å²) in [5.41, 5.74) is 0. The number of fused-ring (bicyclic) bond motifs is 1. The molecular formula is C8H7NS2. The molecule has 0 aliphatic carbocycles. The number of rotatable bonds is 0. The van der Waals surface area contributed by atoms with Gasteiger partial charge in [-0.15, -0.1) is 0 Å². The van der Waals surface area contributed by atoms with Gasteiger partial charge in [-0.3, -0.25) is 0 Å². The predicted octanol–water partition coefficient (Wildman–Crippen LogP) is 3.22. The van der Waals surface area contributed by atoms with E-state index in [9.17, 15) is 0 Å². The van der Waals surface area contributed by atoms with Crippen molar-refractivity contribution in [3.63, 3.8) is 0 Å². The highest BCUT2D eigenvalue weighted by atomic mass is 32.2. The average Bonchev–Trinajstić information content (AvgIpc) is 2.04. The van der Waals surface area contributed by atoms with Gasteiger partial charge < -0.3 is 0 Å². The third-order valence-corrected chi connectivity index (χ3v) is 3.50. The Bertz CT molecular complexity index is 307. The molecule has 0 radical (unpaired) electrons. The van der Waals surface area contributed by atoms with Crippen molar-refractivity contribution < 1.29 is 0 Å². The number of hydrogen-bond acceptors (Lipinski definition) is 3. The van der Waals surface area contributed by atoms with Crippen molar-refractivity contribution >= 4 is 28.8 Å². The van der Waals surface area contributed by atoms with E-state index in [2.05, 4.69) is 22.6 Å². The fourth-order valence-electron chi connectivity index (χ4n) is 0.901. The van der Waals surface area contributed by atoms with E-state index in [0.29, 0.717) is 0 Å². The zero-order chi connectivity index (χ0) is 7.68. The summed E-state index contributed by atoms with van der Waals surface area (Å²) in [7, 11) is 0. The lowest BCUT2D eigenvalue weighted by Gasteiger charge is -2.10. The minimum atomic E-state index is 1.13. The van der Waals surface area contributed by atoms with Crippen LogP contribution in [0.5, 0.6) is 0 Å². The van der Waals surface area contributed by atoms with Gasteiger partial charge in [0.25, 0.3) is 0 Å². The van der Waals surface area contributed by atoms with Gasteiger partial charge in [0, 0.05) is 21.7 Å². The van der Waals surface area contributed by atoms with Gasteiger partial charge in [-0.2, -0.15) is 0 Å². The molecule has 1 nitrogen and oxygen atoms in total. The van der Waals surface area contributed by atoms with Gasteiger partial charge >= 0.3 is 0 Å². The van der Waals surface area contributed by atoms with Gasteiger partial charge in [0.1, 0.15) is 0 Å². The first-order valence-corrected chi connectivity index (χ1v) is 4.94. The first-order chi connectivity index (χ1) is 5.36. The third-order valence-electron chi connectivity index (χ3n) is 1.38. The fraction of sp³-hybridized carbons (Fsp3) is 0.125. The van der Waals surface area contributed by atoms with Gasteiger partial charge in [0.15, 0.2) is 0 Å². The van der Waals surface area contributed by atoms with Crippen molar-refractivity contribution in [3.8, 4) is 0 Å². The lowest BCUT2D eigenvalue weighted by Crippen LogP contribution is -1.89. The molecule has 0 N–H and O–H groups in total. The van der Waals surface area contributed by atoms with Crippen LogP contribution < -0.4 is 0 Å². The highest BCUT2D eigenvalue weighted by molar-refractivity contribution is 8.16. The van der Waals surface area contributed by atoms with E-state index in [0.717, 1.165) is 5.04 Å². The SMILES string of the molecule is CC1=NSc2ccccc2S1. The summed E-state index contributed by atoms with van der Waals surface area (Å²) in [5.74, 6) is 0. The van der Waals surface area contributed by atoms with Crippen LogP contribution in [-0.4, -0.2) is 5.04 Å². The Labute approximate surface area is 74.4 Å². The Balaban J connectivity index is 2.42. The lowest BCUT2D eigenvalue weighted by atomic mass is 10.4. The average molecular weight is 181 g/mol. The number of thioether (sulfide) groups is 1. The summed E-state index contributed by atoms with van der Waals surface area (Å²) in [4.78, 5) is 2.59. The third kappa shape index (κ3) is 1.44. The number of nitrogens with zero attached hydrogens (tertiary/aromatic N) is 1. The molecule has 0 amide bonds. The molecule has 3 heteroatoms. The molecule has 0 spiro atoms. The topological polar surface area (TPSA) is 12.4 Å². The Morgan fingerprint density at radius 1 is 1.18 bits per heavy atom. The second-order valence-corrected chi connectivity index (χ2v) is 4.29. The fourth-order valence-corrected chi connectivity index (χ4v) is 2.56. The normalized spacial score (nSPS) is 15.5. The standard InChI is InChI=1S/C8H7NS2/c1-6-9-11-8-5-3-2-4-7(8)10-6/h2-5H,1H3. The molecule has 11 heavy (non-hydrogen) atoms. The number of hydrogen-bond donors (Lipinski definition) is 0. The Hall–Kier alpha value is -0.410. The largest absolute Gasteiger partial charge is 0.209 e. The van der Waals surface area contributed by atoms with Crippen LogP contribution in [0.3, 0.4) is 0 Å². The second-order valence-electron chi connectivity index (χ2n) is 2.25. The molecule has 0 atom stereocenters. The van der Waals surface area contributed by atoms with Crippen LogP contribution in [-0.2, 0) is 0 Å². The van der Waals surface area contributed by atoms with Crippen molar-refractivity contribution in [2.75, 3.05) is 0 Å². The predicted molar refractivity (Wildman–Crippen MR) is 51.3 cm³/mol. The van der Waals surface area contributed by atoms with E-state index in [-0.39, 0.29) is 0 Å². The minimum Gasteiger partial charge on any atom is -0.209 e. The van der Waals surface area contributed by atoms with Crippen LogP contribution in [0.25, 0.3) is 0 Å². The van der Waals surface area contributed by atoms with Crippen LogP contribution in [0.4, 0.5) is 0 Å². The zero-order valence-electron chi connectivity index (χ0n) is 6.07.